The summed E-state index contributed by atoms with van der Waals surface area (Å²) in [6.07, 6.45) is 5.98. The highest BCUT2D eigenvalue weighted by Gasteiger charge is 2.10. The average Bonchev–Trinajstić information content (AvgIpc) is 2.65. The van der Waals surface area contributed by atoms with Crippen molar-refractivity contribution in [2.45, 2.75) is 19.3 Å². The Morgan fingerprint density at radius 2 is 2.33 bits per heavy atom. The fourth-order valence-electron chi connectivity index (χ4n) is 1.55. The van der Waals surface area contributed by atoms with Gasteiger partial charge in [0.15, 0.2) is 0 Å². The lowest BCUT2D eigenvalue weighted by Crippen LogP contribution is -1.74. The number of allylic oxidation sites excluding steroid dienone is 2. The molecule has 1 aliphatic rings. The first-order valence-electron chi connectivity index (χ1n) is 4.28. The van der Waals surface area contributed by atoms with Gasteiger partial charge in [-0.05, 0) is 42.4 Å². The van der Waals surface area contributed by atoms with Crippen molar-refractivity contribution in [3.63, 3.8) is 0 Å². The minimum absolute atomic E-state index is 1.19. The van der Waals surface area contributed by atoms with Crippen LogP contribution < -0.4 is 0 Å². The predicted molar refractivity (Wildman–Crippen MR) is 55.3 cm³/mol. The second-order valence-electron chi connectivity index (χ2n) is 3.14. The van der Waals surface area contributed by atoms with E-state index >= 15 is 0 Å². The van der Waals surface area contributed by atoms with Gasteiger partial charge in [0, 0.05) is 4.88 Å². The van der Waals surface area contributed by atoms with Crippen LogP contribution >= 0.6 is 11.3 Å². The van der Waals surface area contributed by atoms with E-state index in [9.17, 15) is 0 Å². The largest absolute Gasteiger partial charge is 0.144 e. The van der Waals surface area contributed by atoms with E-state index in [1.165, 1.54) is 35.3 Å². The van der Waals surface area contributed by atoms with E-state index in [0.717, 1.165) is 0 Å². The Morgan fingerprint density at radius 1 is 1.42 bits per heavy atom. The molecule has 0 amide bonds. The SMILES string of the molecule is C=C1CCCC1=Cc1cccs1. The molecule has 0 aromatic carbocycles. The quantitative estimate of drug-likeness (QED) is 0.609. The van der Waals surface area contributed by atoms with Gasteiger partial charge in [0.1, 0.15) is 0 Å². The summed E-state index contributed by atoms with van der Waals surface area (Å²) < 4.78 is 0. The van der Waals surface area contributed by atoms with Crippen molar-refractivity contribution in [3.8, 4) is 0 Å². The van der Waals surface area contributed by atoms with Crippen molar-refractivity contribution in [1.29, 1.82) is 0 Å². The minimum atomic E-state index is 1.19. The van der Waals surface area contributed by atoms with Gasteiger partial charge in [-0.2, -0.15) is 0 Å². The lowest BCUT2D eigenvalue weighted by Gasteiger charge is -1.95. The van der Waals surface area contributed by atoms with E-state index in [0.29, 0.717) is 0 Å². The molecule has 1 aromatic rings. The maximum absolute atomic E-state index is 4.05. The zero-order valence-electron chi connectivity index (χ0n) is 7.05. The maximum Gasteiger partial charge on any atom is 0.0273 e. The molecule has 0 unspecified atom stereocenters. The first-order valence-corrected chi connectivity index (χ1v) is 5.16. The van der Waals surface area contributed by atoms with Crippen molar-refractivity contribution in [1.82, 2.24) is 0 Å². The van der Waals surface area contributed by atoms with E-state index in [1.54, 1.807) is 11.3 Å². The van der Waals surface area contributed by atoms with E-state index < -0.39 is 0 Å². The molecule has 0 bridgehead atoms. The van der Waals surface area contributed by atoms with Crippen LogP contribution in [0.2, 0.25) is 0 Å². The zero-order valence-corrected chi connectivity index (χ0v) is 7.86. The highest BCUT2D eigenvalue weighted by atomic mass is 32.1. The summed E-state index contributed by atoms with van der Waals surface area (Å²) in [5.41, 5.74) is 2.79. The summed E-state index contributed by atoms with van der Waals surface area (Å²) in [5.74, 6) is 0. The molecule has 1 fully saturated rings. The van der Waals surface area contributed by atoms with Crippen molar-refractivity contribution in [3.05, 3.63) is 40.1 Å². The first kappa shape index (κ1) is 7.81. The van der Waals surface area contributed by atoms with Crippen LogP contribution in [0.4, 0.5) is 0 Å². The van der Waals surface area contributed by atoms with Gasteiger partial charge in [-0.25, -0.2) is 0 Å². The highest BCUT2D eigenvalue weighted by Crippen LogP contribution is 2.31. The standard InChI is InChI=1S/C11H12S/c1-9-4-2-5-10(9)8-11-6-3-7-12-11/h3,6-8H,1-2,4-5H2. The zero-order chi connectivity index (χ0) is 8.39. The van der Waals surface area contributed by atoms with Crippen LogP contribution in [0.3, 0.4) is 0 Å². The summed E-state index contributed by atoms with van der Waals surface area (Å²) in [6.45, 7) is 4.05. The predicted octanol–water partition coefficient (Wildman–Crippen LogP) is 3.87. The van der Waals surface area contributed by atoms with E-state index in [4.69, 9.17) is 0 Å². The van der Waals surface area contributed by atoms with Crippen LogP contribution in [0, 0.1) is 0 Å². The second-order valence-corrected chi connectivity index (χ2v) is 4.12. The summed E-state index contributed by atoms with van der Waals surface area (Å²) >= 11 is 1.79. The molecule has 0 saturated heterocycles. The second kappa shape index (κ2) is 3.28. The lowest BCUT2D eigenvalue weighted by molar-refractivity contribution is 0.935. The molecule has 1 heteroatoms. The highest BCUT2D eigenvalue weighted by molar-refractivity contribution is 7.10. The Morgan fingerprint density at radius 3 is 2.92 bits per heavy atom. The number of thiophene rings is 1. The van der Waals surface area contributed by atoms with E-state index in [-0.39, 0.29) is 0 Å². The Labute approximate surface area is 77.2 Å². The van der Waals surface area contributed by atoms with Crippen LogP contribution in [-0.2, 0) is 0 Å². The third kappa shape index (κ3) is 1.51. The molecule has 12 heavy (non-hydrogen) atoms. The van der Waals surface area contributed by atoms with Gasteiger partial charge in [-0.1, -0.05) is 18.2 Å². The fraction of sp³-hybridized carbons (Fsp3) is 0.273. The molecule has 1 heterocycles. The van der Waals surface area contributed by atoms with Gasteiger partial charge >= 0.3 is 0 Å². The van der Waals surface area contributed by atoms with Gasteiger partial charge in [-0.3, -0.25) is 0 Å². The molecule has 0 nitrogen and oxygen atoms in total. The van der Waals surface area contributed by atoms with E-state index in [1.807, 2.05) is 0 Å². The van der Waals surface area contributed by atoms with Gasteiger partial charge in [0.25, 0.3) is 0 Å². The Balaban J connectivity index is 2.23. The molecule has 1 aliphatic carbocycles. The van der Waals surface area contributed by atoms with E-state index in [2.05, 4.69) is 30.2 Å². The Hall–Kier alpha value is -0.820. The van der Waals surface area contributed by atoms with Crippen molar-refractivity contribution in [2.75, 3.05) is 0 Å². The normalized spacial score (nSPS) is 20.7. The van der Waals surface area contributed by atoms with Crippen LogP contribution in [0.1, 0.15) is 24.1 Å². The summed E-state index contributed by atoms with van der Waals surface area (Å²) in [5, 5.41) is 2.12. The van der Waals surface area contributed by atoms with Crippen molar-refractivity contribution >= 4 is 17.4 Å². The van der Waals surface area contributed by atoms with Gasteiger partial charge in [-0.15, -0.1) is 11.3 Å². The molecule has 0 radical (unpaired) electrons. The maximum atomic E-state index is 4.05. The number of hydrogen-bond acceptors (Lipinski definition) is 1. The monoisotopic (exact) mass is 176 g/mol. The first-order chi connectivity index (χ1) is 5.86. The smallest absolute Gasteiger partial charge is 0.0273 e. The van der Waals surface area contributed by atoms with Crippen LogP contribution in [0.25, 0.3) is 6.08 Å². The third-order valence-electron chi connectivity index (χ3n) is 2.24. The molecule has 0 aliphatic heterocycles. The average molecular weight is 176 g/mol. The summed E-state index contributed by atoms with van der Waals surface area (Å²) in [6, 6.07) is 4.25. The van der Waals surface area contributed by atoms with Crippen LogP contribution in [0.15, 0.2) is 35.2 Å². The van der Waals surface area contributed by atoms with Gasteiger partial charge in [0.05, 0.1) is 0 Å². The van der Waals surface area contributed by atoms with Crippen LogP contribution in [0.5, 0.6) is 0 Å². The van der Waals surface area contributed by atoms with Crippen molar-refractivity contribution in [2.24, 2.45) is 0 Å². The molecule has 2 rings (SSSR count). The van der Waals surface area contributed by atoms with Crippen LogP contribution in [-0.4, -0.2) is 0 Å². The van der Waals surface area contributed by atoms with Crippen molar-refractivity contribution < 1.29 is 0 Å². The molecule has 62 valence electrons. The Bertz CT molecular complexity index is 304. The Kier molecular flexibility index (Phi) is 2.13. The lowest BCUT2D eigenvalue weighted by atomic mass is 10.1. The topological polar surface area (TPSA) is 0 Å². The molecule has 0 spiro atoms. The molecule has 1 aromatic heterocycles. The van der Waals surface area contributed by atoms with Gasteiger partial charge < -0.3 is 0 Å². The molecule has 0 atom stereocenters. The molecular weight excluding hydrogens is 164 g/mol. The molecular formula is C11H12S. The number of rotatable bonds is 1. The summed E-state index contributed by atoms with van der Waals surface area (Å²) in [4.78, 5) is 1.35. The number of hydrogen-bond donors (Lipinski definition) is 0. The molecule has 0 N–H and O–H groups in total. The molecule has 1 saturated carbocycles. The third-order valence-corrected chi connectivity index (χ3v) is 3.06. The van der Waals surface area contributed by atoms with Gasteiger partial charge in [0.2, 0.25) is 0 Å². The minimum Gasteiger partial charge on any atom is -0.144 e. The fourth-order valence-corrected chi connectivity index (χ4v) is 2.23. The summed E-state index contributed by atoms with van der Waals surface area (Å²) in [7, 11) is 0.